The molecule has 3 aromatic rings. The highest BCUT2D eigenvalue weighted by Gasteiger charge is 2.32. The van der Waals surface area contributed by atoms with Crippen LogP contribution < -0.4 is 4.74 Å². The Morgan fingerprint density at radius 2 is 1.81 bits per heavy atom. The Bertz CT molecular complexity index is 1240. The zero-order valence-electron chi connectivity index (χ0n) is 21.5. The maximum atomic E-state index is 13.3. The summed E-state index contributed by atoms with van der Waals surface area (Å²) in [4.78, 5) is 18.9. The van der Waals surface area contributed by atoms with E-state index >= 15 is 0 Å². The highest BCUT2D eigenvalue weighted by Crippen LogP contribution is 2.30. The monoisotopic (exact) mass is 542 g/mol. The summed E-state index contributed by atoms with van der Waals surface area (Å²) in [6, 6.07) is 5.19. The fourth-order valence-corrected chi connectivity index (χ4v) is 4.03. The van der Waals surface area contributed by atoms with Gasteiger partial charge in [-0.25, -0.2) is 14.1 Å². The van der Waals surface area contributed by atoms with Gasteiger partial charge in [0.05, 0.1) is 24.0 Å². The Morgan fingerprint density at radius 1 is 1.14 bits per heavy atom. The minimum absolute atomic E-state index is 0.110. The number of nitrogens with zero attached hydrogens (tertiary/aromatic N) is 4. The molecule has 0 N–H and O–H groups in total. The third-order valence-electron chi connectivity index (χ3n) is 5.01. The first-order valence-corrected chi connectivity index (χ1v) is 13.2. The predicted octanol–water partition coefficient (Wildman–Crippen LogP) is 5.60. The highest BCUT2D eigenvalue weighted by atomic mass is 32.2. The van der Waals surface area contributed by atoms with Crippen molar-refractivity contribution in [3.63, 3.8) is 0 Å². The number of alkyl halides is 3. The lowest BCUT2D eigenvalue weighted by Gasteiger charge is -2.19. The summed E-state index contributed by atoms with van der Waals surface area (Å²) in [5.41, 5.74) is 1.78. The van der Waals surface area contributed by atoms with Gasteiger partial charge in [-0.2, -0.15) is 18.3 Å². The molecule has 0 saturated heterocycles. The van der Waals surface area contributed by atoms with Crippen molar-refractivity contribution in [2.45, 2.75) is 58.8 Å². The van der Waals surface area contributed by atoms with Crippen molar-refractivity contribution < 1.29 is 31.3 Å². The van der Waals surface area contributed by atoms with Crippen LogP contribution in [0.3, 0.4) is 0 Å². The molecule has 1 aliphatic heterocycles. The second kappa shape index (κ2) is 12.8. The van der Waals surface area contributed by atoms with E-state index in [4.69, 9.17) is 4.74 Å². The van der Waals surface area contributed by atoms with Gasteiger partial charge in [-0.3, -0.25) is 9.00 Å². The Hall–Kier alpha value is -3.28. The number of fused-ring (bicyclic) bond motifs is 1. The van der Waals surface area contributed by atoms with Crippen molar-refractivity contribution >= 4 is 16.7 Å². The van der Waals surface area contributed by atoms with Crippen LogP contribution in [0.4, 0.5) is 17.6 Å². The van der Waals surface area contributed by atoms with Crippen molar-refractivity contribution in [1.29, 1.82) is 0 Å². The van der Waals surface area contributed by atoms with Gasteiger partial charge in [-0.15, -0.1) is 0 Å². The van der Waals surface area contributed by atoms with Crippen LogP contribution in [-0.2, 0) is 23.9 Å². The number of hydrogen-bond donors (Lipinski definition) is 0. The molecule has 1 unspecified atom stereocenters. The van der Waals surface area contributed by atoms with E-state index in [0.717, 1.165) is 11.8 Å². The van der Waals surface area contributed by atoms with E-state index in [1.165, 1.54) is 40.1 Å². The fourth-order valence-electron chi connectivity index (χ4n) is 3.49. The standard InChI is InChI=1S/C21H18F4N4O3S.2C2H6/c1-12-5-14(22)7-26-19(12)29-9-13-8-28(10-17(13)27-29)20(30)16-6-15(33(2)31)3-4-18(16)32-11-21(23,24)25;2*1-2/h3-7,9H,8,10-11H2,1-2H3;2*1-2H3. The van der Waals surface area contributed by atoms with Gasteiger partial charge in [0.15, 0.2) is 12.4 Å². The molecular formula is C25H30F4N4O3S. The number of hydrogen-bond acceptors (Lipinski definition) is 5. The number of carbonyl (C=O) groups is 1. The van der Waals surface area contributed by atoms with Crippen LogP contribution in [0.2, 0.25) is 0 Å². The summed E-state index contributed by atoms with van der Waals surface area (Å²) < 4.78 is 69.5. The van der Waals surface area contributed by atoms with E-state index in [-0.39, 0.29) is 29.3 Å². The average Bonchev–Trinajstić information content (AvgIpc) is 3.44. The van der Waals surface area contributed by atoms with Crippen LogP contribution >= 0.6 is 0 Å². The summed E-state index contributed by atoms with van der Waals surface area (Å²) in [7, 11) is -1.44. The Kier molecular flexibility index (Phi) is 10.4. The largest absolute Gasteiger partial charge is 0.483 e. The van der Waals surface area contributed by atoms with Crippen LogP contribution in [0, 0.1) is 12.7 Å². The number of amides is 1. The van der Waals surface area contributed by atoms with Gasteiger partial charge in [0, 0.05) is 40.3 Å². The summed E-state index contributed by atoms with van der Waals surface area (Å²) in [5, 5.41) is 4.42. The first kappa shape index (κ1) is 29.9. The fraction of sp³-hybridized carbons (Fsp3) is 0.400. The molecule has 0 aliphatic carbocycles. The predicted molar refractivity (Wildman–Crippen MR) is 133 cm³/mol. The molecule has 4 rings (SSSR count). The number of carbonyl (C=O) groups excluding carboxylic acids is 1. The number of aryl methyl sites for hydroxylation is 1. The van der Waals surface area contributed by atoms with Crippen molar-refractivity contribution in [2.24, 2.45) is 0 Å². The molecule has 0 bridgehead atoms. The summed E-state index contributed by atoms with van der Waals surface area (Å²) >= 11 is 0. The minimum Gasteiger partial charge on any atom is -0.483 e. The van der Waals surface area contributed by atoms with Gasteiger partial charge in [0.1, 0.15) is 11.6 Å². The molecule has 202 valence electrons. The molecule has 12 heteroatoms. The van der Waals surface area contributed by atoms with Gasteiger partial charge in [0.2, 0.25) is 0 Å². The molecule has 2 aromatic heterocycles. The molecule has 0 radical (unpaired) electrons. The lowest BCUT2D eigenvalue weighted by Crippen LogP contribution is -2.27. The molecule has 7 nitrogen and oxygen atoms in total. The summed E-state index contributed by atoms with van der Waals surface area (Å²) in [5.74, 6) is -0.830. The molecule has 3 heterocycles. The lowest BCUT2D eigenvalue weighted by atomic mass is 10.1. The number of rotatable bonds is 5. The van der Waals surface area contributed by atoms with Crippen LogP contribution in [0.1, 0.15) is 54.9 Å². The van der Waals surface area contributed by atoms with Crippen LogP contribution in [0.5, 0.6) is 5.75 Å². The van der Waals surface area contributed by atoms with Crippen molar-refractivity contribution in [3.8, 4) is 11.6 Å². The second-order valence-corrected chi connectivity index (χ2v) is 8.90. The van der Waals surface area contributed by atoms with Crippen molar-refractivity contribution in [1.82, 2.24) is 19.7 Å². The molecule has 0 fully saturated rings. The maximum Gasteiger partial charge on any atom is 0.422 e. The highest BCUT2D eigenvalue weighted by molar-refractivity contribution is 7.84. The molecule has 0 saturated carbocycles. The van der Waals surface area contributed by atoms with Gasteiger partial charge in [0.25, 0.3) is 5.91 Å². The zero-order chi connectivity index (χ0) is 27.9. The van der Waals surface area contributed by atoms with Crippen molar-refractivity contribution in [3.05, 3.63) is 64.9 Å². The van der Waals surface area contributed by atoms with Gasteiger partial charge >= 0.3 is 6.18 Å². The van der Waals surface area contributed by atoms with Gasteiger partial charge in [-0.1, -0.05) is 27.7 Å². The number of aromatic nitrogens is 3. The van der Waals surface area contributed by atoms with Crippen LogP contribution in [-0.4, -0.2) is 48.8 Å². The minimum atomic E-state index is -4.58. The van der Waals surface area contributed by atoms with E-state index in [1.807, 2.05) is 27.7 Å². The van der Waals surface area contributed by atoms with E-state index in [0.29, 0.717) is 17.1 Å². The molecule has 1 aliphatic rings. The molecule has 1 atom stereocenters. The van der Waals surface area contributed by atoms with Crippen LogP contribution in [0.15, 0.2) is 41.6 Å². The van der Waals surface area contributed by atoms with Crippen LogP contribution in [0.25, 0.3) is 5.82 Å². The maximum absolute atomic E-state index is 13.3. The number of benzene rings is 1. The normalized spacial score (nSPS) is 13.1. The third kappa shape index (κ3) is 7.37. The lowest BCUT2D eigenvalue weighted by molar-refractivity contribution is -0.153. The summed E-state index contributed by atoms with van der Waals surface area (Å²) in [6.07, 6.45) is -0.418. The quantitative estimate of drug-likeness (QED) is 0.392. The molecule has 0 spiro atoms. The van der Waals surface area contributed by atoms with Gasteiger partial charge < -0.3 is 9.64 Å². The summed E-state index contributed by atoms with van der Waals surface area (Å²) in [6.45, 7) is 8.41. The number of halogens is 4. The second-order valence-electron chi connectivity index (χ2n) is 7.52. The van der Waals surface area contributed by atoms with Gasteiger partial charge in [-0.05, 0) is 36.8 Å². The SMILES string of the molecule is CC.CC.Cc1cc(F)cnc1-n1cc2c(n1)CN(C(=O)c1cc(S(C)=O)ccc1OCC(F)(F)F)C2. The first-order chi connectivity index (χ1) is 17.5. The van der Waals surface area contributed by atoms with Crippen molar-refractivity contribution in [2.75, 3.05) is 12.9 Å². The van der Waals surface area contributed by atoms with E-state index in [9.17, 15) is 26.6 Å². The third-order valence-corrected chi connectivity index (χ3v) is 5.92. The number of ether oxygens (including phenoxy) is 1. The van der Waals surface area contributed by atoms with E-state index < -0.39 is 35.3 Å². The Labute approximate surface area is 215 Å². The van der Waals surface area contributed by atoms with E-state index in [1.54, 1.807) is 13.1 Å². The molecule has 1 aromatic carbocycles. The zero-order valence-corrected chi connectivity index (χ0v) is 22.3. The van der Waals surface area contributed by atoms with E-state index in [2.05, 4.69) is 10.1 Å². The number of pyridine rings is 1. The molecular weight excluding hydrogens is 512 g/mol. The first-order valence-electron chi connectivity index (χ1n) is 11.7. The smallest absolute Gasteiger partial charge is 0.422 e. The molecule has 1 amide bonds. The Morgan fingerprint density at radius 3 is 2.38 bits per heavy atom. The average molecular weight is 543 g/mol. The molecule has 37 heavy (non-hydrogen) atoms. The topological polar surface area (TPSA) is 77.3 Å². The Balaban J connectivity index is 0.00000115.